The van der Waals surface area contributed by atoms with Crippen molar-refractivity contribution in [1.29, 1.82) is 5.26 Å². The van der Waals surface area contributed by atoms with Gasteiger partial charge in [0, 0.05) is 23.3 Å². The number of benzene rings is 1. The number of rotatable bonds is 8. The van der Waals surface area contributed by atoms with Crippen LogP contribution in [0.4, 0.5) is 0 Å². The van der Waals surface area contributed by atoms with Crippen molar-refractivity contribution >= 4 is 25.0 Å². The number of halogens is 1. The zero-order valence-corrected chi connectivity index (χ0v) is 19.5. The lowest BCUT2D eigenvalue weighted by molar-refractivity contribution is 0.0766. The summed E-state index contributed by atoms with van der Waals surface area (Å²) in [4.78, 5) is 4.56. The molecule has 4 nitrogen and oxygen atoms in total. The Morgan fingerprint density at radius 2 is 2.07 bits per heavy atom. The third-order valence-electron chi connectivity index (χ3n) is 4.46. The van der Waals surface area contributed by atoms with E-state index in [1.807, 2.05) is 24.5 Å². The Balaban J connectivity index is 1.91. The van der Waals surface area contributed by atoms with Gasteiger partial charge in [-0.25, -0.2) is 4.98 Å². The molecule has 1 unspecified atom stereocenters. The molecule has 27 heavy (non-hydrogen) atoms. The molecule has 1 heterocycles. The molecule has 1 radical (unpaired) electrons. The van der Waals surface area contributed by atoms with E-state index >= 15 is 0 Å². The van der Waals surface area contributed by atoms with Gasteiger partial charge >= 0.3 is 0 Å². The summed E-state index contributed by atoms with van der Waals surface area (Å²) in [6, 6.07) is 7.86. The fraction of sp³-hybridized carbons (Fsp3) is 0.524. The summed E-state index contributed by atoms with van der Waals surface area (Å²) in [5.74, 6) is 0. The first kappa shape index (κ1) is 21.9. The van der Waals surface area contributed by atoms with E-state index in [9.17, 15) is 0 Å². The van der Waals surface area contributed by atoms with Gasteiger partial charge in [-0.2, -0.15) is 5.26 Å². The molecular formula is C21H29BrN3OSi. The van der Waals surface area contributed by atoms with E-state index in [1.165, 1.54) is 0 Å². The summed E-state index contributed by atoms with van der Waals surface area (Å²) in [5, 5.41) is 8.97. The minimum atomic E-state index is -0.693. The second-order valence-electron chi connectivity index (χ2n) is 8.23. The van der Waals surface area contributed by atoms with E-state index in [0.717, 1.165) is 41.5 Å². The number of hydrogen-bond acceptors (Lipinski definition) is 3. The van der Waals surface area contributed by atoms with Crippen LogP contribution in [-0.4, -0.2) is 24.7 Å². The fourth-order valence-corrected chi connectivity index (χ4v) is 4.53. The van der Waals surface area contributed by atoms with Gasteiger partial charge < -0.3 is 8.99 Å². The van der Waals surface area contributed by atoms with Crippen LogP contribution in [0.15, 0.2) is 35.2 Å². The topological polar surface area (TPSA) is 50.8 Å². The van der Waals surface area contributed by atoms with Crippen molar-refractivity contribution < 1.29 is 4.43 Å². The molecule has 1 aromatic heterocycles. The zero-order valence-electron chi connectivity index (χ0n) is 16.9. The van der Waals surface area contributed by atoms with Crippen molar-refractivity contribution in [3.05, 3.63) is 52.0 Å². The van der Waals surface area contributed by atoms with E-state index in [-0.39, 0.29) is 5.41 Å². The molecule has 0 aliphatic rings. The highest BCUT2D eigenvalue weighted by atomic mass is 79.9. The first-order valence-electron chi connectivity index (χ1n) is 9.35. The Labute approximate surface area is 173 Å². The summed E-state index contributed by atoms with van der Waals surface area (Å²) in [6.07, 6.45) is 7.41. The number of hydrogen-bond donors (Lipinski definition) is 0. The minimum Gasteiger partial charge on any atom is -0.414 e. The maximum atomic E-state index is 8.97. The van der Waals surface area contributed by atoms with Crippen LogP contribution in [0.5, 0.6) is 0 Å². The highest BCUT2D eigenvalue weighted by Gasteiger charge is 2.26. The molecule has 1 atom stereocenters. The van der Waals surface area contributed by atoms with Crippen LogP contribution in [0.2, 0.25) is 13.1 Å². The molecule has 0 bridgehead atoms. The van der Waals surface area contributed by atoms with E-state index < -0.39 is 9.04 Å². The monoisotopic (exact) mass is 446 g/mol. The van der Waals surface area contributed by atoms with Gasteiger partial charge in [0.2, 0.25) is 9.04 Å². The van der Waals surface area contributed by atoms with Gasteiger partial charge in [0.15, 0.2) is 0 Å². The van der Waals surface area contributed by atoms with Gasteiger partial charge in [-0.05, 0) is 55.5 Å². The van der Waals surface area contributed by atoms with Crippen molar-refractivity contribution in [2.75, 3.05) is 0 Å². The van der Waals surface area contributed by atoms with E-state index in [1.54, 1.807) is 0 Å². The molecule has 0 spiro atoms. The Kier molecular flexibility index (Phi) is 7.84. The Bertz CT molecular complexity index is 789. The van der Waals surface area contributed by atoms with Crippen molar-refractivity contribution in [1.82, 2.24) is 9.55 Å². The Hall–Kier alpha value is -1.42. The average Bonchev–Trinajstić information content (AvgIpc) is 3.02. The van der Waals surface area contributed by atoms with Crippen LogP contribution < -0.4 is 0 Å². The third kappa shape index (κ3) is 6.91. The molecular weight excluding hydrogens is 418 g/mol. The molecule has 2 aromatic rings. The lowest BCUT2D eigenvalue weighted by Crippen LogP contribution is -2.33. The minimum absolute atomic E-state index is 0.170. The molecule has 0 saturated heterocycles. The number of aryl methyl sites for hydroxylation is 1. The van der Waals surface area contributed by atoms with Crippen LogP contribution in [-0.2, 0) is 17.4 Å². The summed E-state index contributed by atoms with van der Waals surface area (Å²) < 4.78 is 9.27. The maximum Gasteiger partial charge on any atom is 0.205 e. The fourth-order valence-electron chi connectivity index (χ4n) is 2.99. The lowest BCUT2D eigenvalue weighted by atomic mass is 9.86. The number of nitriles is 1. The van der Waals surface area contributed by atoms with Crippen molar-refractivity contribution in [2.24, 2.45) is 5.41 Å². The van der Waals surface area contributed by atoms with Gasteiger partial charge in [0.25, 0.3) is 0 Å². The zero-order chi connectivity index (χ0) is 20.0. The predicted octanol–water partition coefficient (Wildman–Crippen LogP) is 5.57. The molecule has 145 valence electrons. The summed E-state index contributed by atoms with van der Waals surface area (Å²) in [5.41, 5.74) is 3.09. The molecule has 0 fully saturated rings. The second kappa shape index (κ2) is 9.68. The molecule has 1 aromatic carbocycles. The number of aromatic nitrogens is 2. The van der Waals surface area contributed by atoms with Gasteiger partial charge in [0.1, 0.15) is 0 Å². The smallest absolute Gasteiger partial charge is 0.205 e. The third-order valence-corrected chi connectivity index (χ3v) is 5.96. The van der Waals surface area contributed by atoms with Gasteiger partial charge in [0.05, 0.1) is 23.7 Å². The average molecular weight is 447 g/mol. The van der Waals surface area contributed by atoms with Crippen LogP contribution in [0.3, 0.4) is 0 Å². The number of imidazole rings is 1. The van der Waals surface area contributed by atoms with E-state index in [4.69, 9.17) is 9.69 Å². The molecule has 0 N–H and O–H groups in total. The van der Waals surface area contributed by atoms with Crippen LogP contribution in [0, 0.1) is 16.7 Å². The Morgan fingerprint density at radius 1 is 1.33 bits per heavy atom. The van der Waals surface area contributed by atoms with Crippen LogP contribution in [0.25, 0.3) is 0 Å². The largest absolute Gasteiger partial charge is 0.414 e. The summed E-state index contributed by atoms with van der Waals surface area (Å²) >= 11 is 3.55. The predicted molar refractivity (Wildman–Crippen MR) is 115 cm³/mol. The first-order valence-corrected chi connectivity index (χ1v) is 12.5. The first-order chi connectivity index (χ1) is 12.7. The van der Waals surface area contributed by atoms with Gasteiger partial charge in [-0.1, -0.05) is 42.8 Å². The van der Waals surface area contributed by atoms with Crippen molar-refractivity contribution in [3.63, 3.8) is 0 Å². The number of nitrogens with zero attached hydrogens (tertiary/aromatic N) is 3. The van der Waals surface area contributed by atoms with Crippen LogP contribution >= 0.6 is 15.9 Å². The van der Waals surface area contributed by atoms with E-state index in [0.29, 0.717) is 11.7 Å². The highest BCUT2D eigenvalue weighted by Crippen LogP contribution is 2.27. The normalized spacial score (nSPS) is 13.0. The SMILES string of the molecule is C[Si](C)OC(CCCc1cn(Cc2ccc(C#N)cc2Br)cn1)C(C)(C)C. The lowest BCUT2D eigenvalue weighted by Gasteiger charge is -2.32. The van der Waals surface area contributed by atoms with Crippen molar-refractivity contribution in [2.45, 2.75) is 65.8 Å². The molecule has 0 saturated carbocycles. The summed E-state index contributed by atoms with van der Waals surface area (Å²) in [7, 11) is -0.693. The highest BCUT2D eigenvalue weighted by molar-refractivity contribution is 9.10. The Morgan fingerprint density at radius 3 is 2.67 bits per heavy atom. The molecule has 0 amide bonds. The van der Waals surface area contributed by atoms with Crippen LogP contribution in [0.1, 0.15) is 50.4 Å². The molecule has 2 rings (SSSR count). The molecule has 0 aliphatic heterocycles. The molecule has 0 aliphatic carbocycles. The quantitative estimate of drug-likeness (QED) is 0.497. The maximum absolute atomic E-state index is 8.97. The second-order valence-corrected chi connectivity index (χ2v) is 11.1. The summed E-state index contributed by atoms with van der Waals surface area (Å²) in [6.45, 7) is 11.9. The molecule has 6 heteroatoms. The van der Waals surface area contributed by atoms with Gasteiger partial charge in [-0.3, -0.25) is 0 Å². The van der Waals surface area contributed by atoms with E-state index in [2.05, 4.69) is 71.6 Å². The van der Waals surface area contributed by atoms with Gasteiger partial charge in [-0.15, -0.1) is 0 Å². The standard InChI is InChI=1S/C21H29BrN3OSi/c1-21(2,3)20(26-27(4)5)8-6-7-18-14-25(15-24-18)13-17-10-9-16(12-23)11-19(17)22/h9-11,14-15,20H,6-8,13H2,1-5H3. The van der Waals surface area contributed by atoms with Crippen molar-refractivity contribution in [3.8, 4) is 6.07 Å².